The maximum absolute atomic E-state index is 14.6. The molecule has 192 valence electrons. The van der Waals surface area contributed by atoms with Gasteiger partial charge in [-0.1, -0.05) is 38.3 Å². The molecule has 2 saturated carbocycles. The van der Waals surface area contributed by atoms with Gasteiger partial charge in [-0.15, -0.1) is 0 Å². The summed E-state index contributed by atoms with van der Waals surface area (Å²) in [5, 5.41) is 0. The summed E-state index contributed by atoms with van der Waals surface area (Å²) in [6, 6.07) is 7.35. The molecule has 0 spiro atoms. The van der Waals surface area contributed by atoms with Gasteiger partial charge in [0.15, 0.2) is 0 Å². The van der Waals surface area contributed by atoms with E-state index >= 15 is 0 Å². The van der Waals surface area contributed by atoms with Crippen LogP contribution >= 0.6 is 0 Å². The highest BCUT2D eigenvalue weighted by Crippen LogP contribution is 2.44. The van der Waals surface area contributed by atoms with E-state index in [1.807, 2.05) is 0 Å². The Hall–Kier alpha value is -2.18. The molecule has 7 heteroatoms. The zero-order valence-corrected chi connectivity index (χ0v) is 19.9. The highest BCUT2D eigenvalue weighted by Gasteiger charge is 2.37. The molecule has 2 aromatic carbocycles. The Morgan fingerprint density at radius 1 is 0.771 bits per heavy atom. The molecule has 1 nitrogen and oxygen atoms in total. The summed E-state index contributed by atoms with van der Waals surface area (Å²) in [4.78, 5) is 0. The molecule has 0 unspecified atom stereocenters. The van der Waals surface area contributed by atoms with Crippen LogP contribution in [-0.4, -0.2) is 0 Å². The molecule has 0 bridgehead atoms. The molecule has 0 radical (unpaired) electrons. The average molecular weight is 499 g/mol. The number of alkyl halides is 5. The Balaban J connectivity index is 1.34. The van der Waals surface area contributed by atoms with E-state index in [1.54, 1.807) is 12.1 Å². The molecule has 0 aromatic heterocycles. The SMILES string of the molecule is CC[C@H]1CC[C@H](C2CCC(c3ccc(C(F)(F)Oc4ccc(C(F)(F)F)c(F)c4)cc3)CC2)CC1. The van der Waals surface area contributed by atoms with Crippen LogP contribution in [0, 0.1) is 23.6 Å². The molecule has 4 rings (SSSR count). The van der Waals surface area contributed by atoms with Crippen LogP contribution in [0.2, 0.25) is 0 Å². The number of hydrogen-bond donors (Lipinski definition) is 0. The van der Waals surface area contributed by atoms with Gasteiger partial charge in [-0.2, -0.15) is 22.0 Å². The molecular weight excluding hydrogens is 466 g/mol. The number of hydrogen-bond acceptors (Lipinski definition) is 1. The van der Waals surface area contributed by atoms with Gasteiger partial charge in [-0.25, -0.2) is 4.39 Å². The van der Waals surface area contributed by atoms with Crippen molar-refractivity contribution in [1.29, 1.82) is 0 Å². The monoisotopic (exact) mass is 498 g/mol. The molecule has 0 atom stereocenters. The Morgan fingerprint density at radius 3 is 1.86 bits per heavy atom. The minimum absolute atomic E-state index is 0.332. The van der Waals surface area contributed by atoms with Gasteiger partial charge in [-0.3, -0.25) is 0 Å². The van der Waals surface area contributed by atoms with Crippen LogP contribution in [0.15, 0.2) is 42.5 Å². The van der Waals surface area contributed by atoms with Gasteiger partial charge < -0.3 is 4.74 Å². The molecule has 2 aromatic rings. The molecular formula is C28H32F6O. The average Bonchev–Trinajstić information content (AvgIpc) is 2.83. The highest BCUT2D eigenvalue weighted by molar-refractivity contribution is 5.33. The fraction of sp³-hybridized carbons (Fsp3) is 0.571. The lowest BCUT2D eigenvalue weighted by atomic mass is 9.68. The first-order chi connectivity index (χ1) is 16.6. The third-order valence-corrected chi connectivity index (χ3v) is 8.12. The van der Waals surface area contributed by atoms with Crippen molar-refractivity contribution in [3.63, 3.8) is 0 Å². The van der Waals surface area contributed by atoms with Crippen LogP contribution in [0.5, 0.6) is 5.75 Å². The van der Waals surface area contributed by atoms with E-state index in [0.29, 0.717) is 24.1 Å². The summed E-state index contributed by atoms with van der Waals surface area (Å²) < 4.78 is 85.6. The minimum atomic E-state index is -4.91. The van der Waals surface area contributed by atoms with Crippen molar-refractivity contribution in [2.75, 3.05) is 0 Å². The Morgan fingerprint density at radius 2 is 1.34 bits per heavy atom. The van der Waals surface area contributed by atoms with Gasteiger partial charge in [0.05, 0.1) is 11.1 Å². The fourth-order valence-corrected chi connectivity index (χ4v) is 5.94. The second-order valence-electron chi connectivity index (χ2n) is 10.2. The molecule has 35 heavy (non-hydrogen) atoms. The maximum atomic E-state index is 14.6. The van der Waals surface area contributed by atoms with Gasteiger partial charge in [0.2, 0.25) is 0 Å². The smallest absolute Gasteiger partial charge is 0.426 e. The summed E-state index contributed by atoms with van der Waals surface area (Å²) in [7, 11) is 0. The summed E-state index contributed by atoms with van der Waals surface area (Å²) in [5.74, 6) is 0.496. The van der Waals surface area contributed by atoms with Gasteiger partial charge in [0.25, 0.3) is 0 Å². The van der Waals surface area contributed by atoms with E-state index in [1.165, 1.54) is 57.1 Å². The Kier molecular flexibility index (Phi) is 7.72. The summed E-state index contributed by atoms with van der Waals surface area (Å²) in [6.45, 7) is 2.28. The first-order valence-corrected chi connectivity index (χ1v) is 12.6. The largest absolute Gasteiger partial charge is 0.429 e. The summed E-state index contributed by atoms with van der Waals surface area (Å²) in [6.07, 6.45) is 2.37. The molecule has 0 amide bonds. The first-order valence-electron chi connectivity index (χ1n) is 12.6. The van der Waals surface area contributed by atoms with Crippen LogP contribution in [0.4, 0.5) is 26.3 Å². The molecule has 2 aliphatic carbocycles. The summed E-state index contributed by atoms with van der Waals surface area (Å²) in [5.41, 5.74) is -0.943. The lowest BCUT2D eigenvalue weighted by Crippen LogP contribution is -2.25. The van der Waals surface area contributed by atoms with Crippen molar-refractivity contribution < 1.29 is 31.1 Å². The Bertz CT molecular complexity index is 968. The predicted octanol–water partition coefficient (Wildman–Crippen LogP) is 9.46. The molecule has 0 saturated heterocycles. The maximum Gasteiger partial charge on any atom is 0.426 e. The predicted molar refractivity (Wildman–Crippen MR) is 123 cm³/mol. The number of benzene rings is 2. The topological polar surface area (TPSA) is 9.23 Å². The molecule has 2 fully saturated rings. The van der Waals surface area contributed by atoms with Crippen molar-refractivity contribution in [3.05, 3.63) is 65.0 Å². The summed E-state index contributed by atoms with van der Waals surface area (Å²) >= 11 is 0. The molecule has 2 aliphatic rings. The van der Waals surface area contributed by atoms with Crippen molar-refractivity contribution in [2.24, 2.45) is 17.8 Å². The van der Waals surface area contributed by atoms with E-state index in [4.69, 9.17) is 0 Å². The normalized spacial score (nSPS) is 25.9. The third-order valence-electron chi connectivity index (χ3n) is 8.12. The quantitative estimate of drug-likeness (QED) is 0.361. The number of halogens is 6. The van der Waals surface area contributed by atoms with Crippen LogP contribution in [0.1, 0.15) is 87.3 Å². The van der Waals surface area contributed by atoms with E-state index in [9.17, 15) is 26.3 Å². The highest BCUT2D eigenvalue weighted by atomic mass is 19.4. The van der Waals surface area contributed by atoms with Crippen molar-refractivity contribution in [2.45, 2.75) is 82.9 Å². The van der Waals surface area contributed by atoms with Gasteiger partial charge in [-0.05, 0) is 92.0 Å². The van der Waals surface area contributed by atoms with Crippen molar-refractivity contribution >= 4 is 0 Å². The molecule has 0 heterocycles. The fourth-order valence-electron chi connectivity index (χ4n) is 5.94. The van der Waals surface area contributed by atoms with Crippen LogP contribution in [0.25, 0.3) is 0 Å². The van der Waals surface area contributed by atoms with Crippen molar-refractivity contribution in [3.8, 4) is 5.75 Å². The van der Waals surface area contributed by atoms with E-state index in [-0.39, 0.29) is 0 Å². The minimum Gasteiger partial charge on any atom is -0.429 e. The lowest BCUT2D eigenvalue weighted by molar-refractivity contribution is -0.185. The third kappa shape index (κ3) is 6.15. The standard InChI is InChI=1S/C28H32F6O/c1-2-18-3-5-19(6-4-18)20-7-9-21(10-8-20)22-11-13-23(14-12-22)28(33,34)35-24-15-16-25(26(29)17-24)27(30,31)32/h11-21H,2-10H2,1H3/t18-,19-,20?,21?. The van der Waals surface area contributed by atoms with Gasteiger partial charge >= 0.3 is 12.3 Å². The number of ether oxygens (including phenoxy) is 1. The van der Waals surface area contributed by atoms with Crippen LogP contribution in [0.3, 0.4) is 0 Å². The molecule has 0 aliphatic heterocycles. The first kappa shape index (κ1) is 25.9. The van der Waals surface area contributed by atoms with Crippen LogP contribution in [-0.2, 0) is 12.3 Å². The van der Waals surface area contributed by atoms with Crippen LogP contribution < -0.4 is 4.74 Å². The van der Waals surface area contributed by atoms with Crippen molar-refractivity contribution in [1.82, 2.24) is 0 Å². The number of rotatable bonds is 6. The zero-order chi connectivity index (χ0) is 25.2. The van der Waals surface area contributed by atoms with Gasteiger partial charge in [0, 0.05) is 6.07 Å². The van der Waals surface area contributed by atoms with E-state index in [0.717, 1.165) is 36.2 Å². The van der Waals surface area contributed by atoms with Gasteiger partial charge in [0.1, 0.15) is 11.6 Å². The second kappa shape index (κ2) is 10.4. The second-order valence-corrected chi connectivity index (χ2v) is 10.2. The zero-order valence-electron chi connectivity index (χ0n) is 19.9. The molecule has 0 N–H and O–H groups in total. The van der Waals surface area contributed by atoms with E-state index < -0.39 is 35.0 Å². The lowest BCUT2D eigenvalue weighted by Gasteiger charge is -2.38. The Labute approximate surface area is 202 Å². The van der Waals surface area contributed by atoms with E-state index in [2.05, 4.69) is 11.7 Å².